The van der Waals surface area contributed by atoms with Crippen LogP contribution in [0.3, 0.4) is 0 Å². The molecule has 126 valence electrons. The van der Waals surface area contributed by atoms with Crippen LogP contribution >= 0.6 is 0 Å². The molecule has 5 heteroatoms. The summed E-state index contributed by atoms with van der Waals surface area (Å²) in [6, 6.07) is 10.3. The van der Waals surface area contributed by atoms with Gasteiger partial charge in [-0.05, 0) is 25.3 Å². The lowest BCUT2D eigenvalue weighted by molar-refractivity contribution is -0.0145. The second-order valence-electron chi connectivity index (χ2n) is 6.42. The highest BCUT2D eigenvalue weighted by molar-refractivity contribution is 5.74. The van der Waals surface area contributed by atoms with Crippen LogP contribution in [0.4, 0.5) is 4.79 Å². The van der Waals surface area contributed by atoms with Crippen LogP contribution in [0.5, 0.6) is 0 Å². The van der Waals surface area contributed by atoms with Gasteiger partial charge in [-0.1, -0.05) is 30.3 Å². The summed E-state index contributed by atoms with van der Waals surface area (Å²) in [6.07, 6.45) is 3.17. The molecule has 2 aliphatic heterocycles. The van der Waals surface area contributed by atoms with Gasteiger partial charge in [-0.15, -0.1) is 0 Å². The van der Waals surface area contributed by atoms with E-state index >= 15 is 0 Å². The monoisotopic (exact) mass is 318 g/mol. The predicted molar refractivity (Wildman–Crippen MR) is 88.4 cm³/mol. The Morgan fingerprint density at radius 2 is 2.13 bits per heavy atom. The number of carbonyl (C=O) groups excluding carboxylic acids is 1. The minimum Gasteiger partial charge on any atom is -0.376 e. The van der Waals surface area contributed by atoms with Crippen LogP contribution in [0.2, 0.25) is 0 Å². The molecule has 0 bridgehead atoms. The Morgan fingerprint density at radius 1 is 1.30 bits per heavy atom. The molecule has 1 aromatic carbocycles. The second-order valence-corrected chi connectivity index (χ2v) is 6.42. The Kier molecular flexibility index (Phi) is 5.51. The maximum absolute atomic E-state index is 12.5. The van der Waals surface area contributed by atoms with E-state index in [4.69, 9.17) is 9.47 Å². The van der Waals surface area contributed by atoms with Crippen molar-refractivity contribution in [3.8, 4) is 0 Å². The second kappa shape index (κ2) is 7.79. The Hall–Kier alpha value is -1.59. The standard InChI is InChI=1S/C18H26N2O3/c1-14(17-8-5-10-23-17)19-18(21)20-9-11-22-16(13-20)12-15-6-3-2-4-7-15/h2-4,6-7,14,16-17H,5,8-13H2,1H3,(H,19,21)/t14-,16-,17-/m0/s1. The van der Waals surface area contributed by atoms with Crippen LogP contribution in [0.1, 0.15) is 25.3 Å². The van der Waals surface area contributed by atoms with E-state index in [1.807, 2.05) is 30.0 Å². The lowest BCUT2D eigenvalue weighted by Gasteiger charge is -2.34. The summed E-state index contributed by atoms with van der Waals surface area (Å²) in [4.78, 5) is 14.3. The molecular formula is C18H26N2O3. The number of hydrogen-bond donors (Lipinski definition) is 1. The number of hydrogen-bond acceptors (Lipinski definition) is 3. The molecule has 0 aromatic heterocycles. The maximum Gasteiger partial charge on any atom is 0.317 e. The number of nitrogens with zero attached hydrogens (tertiary/aromatic N) is 1. The lowest BCUT2D eigenvalue weighted by Crippen LogP contribution is -2.53. The summed E-state index contributed by atoms with van der Waals surface area (Å²) in [5.74, 6) is 0. The van der Waals surface area contributed by atoms with Gasteiger partial charge in [0.15, 0.2) is 0 Å². The van der Waals surface area contributed by atoms with E-state index in [1.165, 1.54) is 5.56 Å². The van der Waals surface area contributed by atoms with Gasteiger partial charge in [-0.25, -0.2) is 4.79 Å². The van der Waals surface area contributed by atoms with Gasteiger partial charge in [0.05, 0.1) is 24.9 Å². The lowest BCUT2D eigenvalue weighted by atomic mass is 10.1. The van der Waals surface area contributed by atoms with Crippen LogP contribution in [0.25, 0.3) is 0 Å². The van der Waals surface area contributed by atoms with E-state index in [0.717, 1.165) is 25.9 Å². The maximum atomic E-state index is 12.5. The molecule has 1 aromatic rings. The molecule has 2 saturated heterocycles. The quantitative estimate of drug-likeness (QED) is 0.926. The number of carbonyl (C=O) groups is 1. The first-order chi connectivity index (χ1) is 11.2. The number of nitrogens with one attached hydrogen (secondary N) is 1. The van der Waals surface area contributed by atoms with Crippen molar-refractivity contribution in [1.29, 1.82) is 0 Å². The van der Waals surface area contributed by atoms with E-state index in [1.54, 1.807) is 0 Å². The van der Waals surface area contributed by atoms with Crippen molar-refractivity contribution in [3.05, 3.63) is 35.9 Å². The molecule has 3 rings (SSSR count). The third kappa shape index (κ3) is 4.45. The summed E-state index contributed by atoms with van der Waals surface area (Å²) in [5.41, 5.74) is 1.24. The van der Waals surface area contributed by atoms with Crippen molar-refractivity contribution in [2.45, 2.75) is 44.4 Å². The van der Waals surface area contributed by atoms with Crippen molar-refractivity contribution >= 4 is 6.03 Å². The van der Waals surface area contributed by atoms with Gasteiger partial charge < -0.3 is 19.7 Å². The molecule has 2 aliphatic rings. The Bertz CT molecular complexity index is 502. The summed E-state index contributed by atoms with van der Waals surface area (Å²) in [7, 11) is 0. The third-order valence-electron chi connectivity index (χ3n) is 4.61. The zero-order valence-corrected chi connectivity index (χ0v) is 13.7. The van der Waals surface area contributed by atoms with E-state index in [9.17, 15) is 4.79 Å². The molecular weight excluding hydrogens is 292 g/mol. The average Bonchev–Trinajstić information content (AvgIpc) is 3.10. The van der Waals surface area contributed by atoms with Gasteiger partial charge in [0.1, 0.15) is 0 Å². The SMILES string of the molecule is C[C@H](NC(=O)N1CCO[C@@H](Cc2ccccc2)C1)[C@@H]1CCCO1. The van der Waals surface area contributed by atoms with Gasteiger partial charge in [0, 0.05) is 26.1 Å². The first-order valence-corrected chi connectivity index (χ1v) is 8.55. The average molecular weight is 318 g/mol. The molecule has 3 atom stereocenters. The van der Waals surface area contributed by atoms with Crippen molar-refractivity contribution in [2.75, 3.05) is 26.3 Å². The first kappa shape index (κ1) is 16.3. The summed E-state index contributed by atoms with van der Waals surface area (Å²) in [5, 5.41) is 3.08. The molecule has 2 amide bonds. The Morgan fingerprint density at radius 3 is 2.87 bits per heavy atom. The zero-order chi connectivity index (χ0) is 16.1. The highest BCUT2D eigenvalue weighted by Crippen LogP contribution is 2.16. The highest BCUT2D eigenvalue weighted by Gasteiger charge is 2.28. The number of amides is 2. The van der Waals surface area contributed by atoms with Crippen molar-refractivity contribution in [3.63, 3.8) is 0 Å². The minimum atomic E-state index is -0.00522. The van der Waals surface area contributed by atoms with Crippen molar-refractivity contribution in [1.82, 2.24) is 10.2 Å². The molecule has 23 heavy (non-hydrogen) atoms. The van der Waals surface area contributed by atoms with Crippen LogP contribution < -0.4 is 5.32 Å². The van der Waals surface area contributed by atoms with Gasteiger partial charge in [0.2, 0.25) is 0 Å². The number of ether oxygens (including phenoxy) is 2. The third-order valence-corrected chi connectivity index (χ3v) is 4.61. The van der Waals surface area contributed by atoms with E-state index in [2.05, 4.69) is 17.4 Å². The van der Waals surface area contributed by atoms with Crippen LogP contribution in [0.15, 0.2) is 30.3 Å². The van der Waals surface area contributed by atoms with Gasteiger partial charge in [-0.3, -0.25) is 0 Å². The van der Waals surface area contributed by atoms with E-state index < -0.39 is 0 Å². The molecule has 0 unspecified atom stereocenters. The number of urea groups is 1. The molecule has 0 radical (unpaired) electrons. The van der Waals surface area contributed by atoms with Gasteiger partial charge >= 0.3 is 6.03 Å². The fourth-order valence-corrected chi connectivity index (χ4v) is 3.28. The topological polar surface area (TPSA) is 50.8 Å². The number of benzene rings is 1. The number of rotatable bonds is 4. The smallest absolute Gasteiger partial charge is 0.317 e. The fourth-order valence-electron chi connectivity index (χ4n) is 3.28. The summed E-state index contributed by atoms with van der Waals surface area (Å²) < 4.78 is 11.5. The molecule has 2 fully saturated rings. The predicted octanol–water partition coefficient (Wildman–Crippen LogP) is 2.21. The Balaban J connectivity index is 1.50. The highest BCUT2D eigenvalue weighted by atomic mass is 16.5. The summed E-state index contributed by atoms with van der Waals surface area (Å²) in [6.45, 7) is 4.71. The minimum absolute atomic E-state index is 0.00522. The molecule has 0 saturated carbocycles. The van der Waals surface area contributed by atoms with Gasteiger partial charge in [-0.2, -0.15) is 0 Å². The van der Waals surface area contributed by atoms with Crippen LogP contribution in [-0.4, -0.2) is 55.5 Å². The largest absolute Gasteiger partial charge is 0.376 e. The van der Waals surface area contributed by atoms with E-state index in [-0.39, 0.29) is 24.3 Å². The molecule has 0 aliphatic carbocycles. The normalized spacial score (nSPS) is 26.0. The van der Waals surface area contributed by atoms with E-state index in [0.29, 0.717) is 19.7 Å². The molecule has 2 heterocycles. The van der Waals surface area contributed by atoms with Crippen molar-refractivity contribution < 1.29 is 14.3 Å². The van der Waals surface area contributed by atoms with Gasteiger partial charge in [0.25, 0.3) is 0 Å². The molecule has 1 N–H and O–H groups in total. The fraction of sp³-hybridized carbons (Fsp3) is 0.611. The zero-order valence-electron chi connectivity index (χ0n) is 13.7. The van der Waals surface area contributed by atoms with Crippen LogP contribution in [0, 0.1) is 0 Å². The Labute approximate surface area is 137 Å². The van der Waals surface area contributed by atoms with Crippen molar-refractivity contribution in [2.24, 2.45) is 0 Å². The summed E-state index contributed by atoms with van der Waals surface area (Å²) >= 11 is 0. The first-order valence-electron chi connectivity index (χ1n) is 8.55. The molecule has 5 nitrogen and oxygen atoms in total. The van der Waals surface area contributed by atoms with Crippen LogP contribution in [-0.2, 0) is 15.9 Å². The number of morpholine rings is 1. The molecule has 0 spiro atoms.